The van der Waals surface area contributed by atoms with Gasteiger partial charge in [-0.2, -0.15) is 0 Å². The molecule has 1 aromatic carbocycles. The van der Waals surface area contributed by atoms with E-state index in [2.05, 4.69) is 49.3 Å². The van der Waals surface area contributed by atoms with Crippen LogP contribution in [0.1, 0.15) is 47.2 Å². The number of benzene rings is 1. The van der Waals surface area contributed by atoms with Crippen LogP contribution in [0.5, 0.6) is 0 Å². The van der Waals surface area contributed by atoms with Crippen LogP contribution in [0.25, 0.3) is 0 Å². The molecule has 2 heterocycles. The van der Waals surface area contributed by atoms with E-state index in [0.29, 0.717) is 17.8 Å². The van der Waals surface area contributed by atoms with E-state index in [-0.39, 0.29) is 5.91 Å². The van der Waals surface area contributed by atoms with Crippen molar-refractivity contribution in [1.82, 2.24) is 10.2 Å². The first-order chi connectivity index (χ1) is 9.06. The summed E-state index contributed by atoms with van der Waals surface area (Å²) < 4.78 is 0. The van der Waals surface area contributed by atoms with E-state index >= 15 is 0 Å². The van der Waals surface area contributed by atoms with E-state index < -0.39 is 0 Å². The number of fused-ring (bicyclic) bond motifs is 3. The van der Waals surface area contributed by atoms with Gasteiger partial charge in [0.05, 0.1) is 0 Å². The summed E-state index contributed by atoms with van der Waals surface area (Å²) in [5.41, 5.74) is 3.39. The maximum Gasteiger partial charge on any atom is 0.251 e. The first-order valence-corrected chi connectivity index (χ1v) is 7.17. The van der Waals surface area contributed by atoms with Gasteiger partial charge in [-0.1, -0.05) is 26.0 Å². The second-order valence-corrected chi connectivity index (χ2v) is 6.30. The summed E-state index contributed by atoms with van der Waals surface area (Å²) in [4.78, 5) is 14.6. The Kier molecular flexibility index (Phi) is 3.09. The Hall–Kier alpha value is -1.35. The summed E-state index contributed by atoms with van der Waals surface area (Å²) in [5.74, 6) is 1.62. The smallest absolute Gasteiger partial charge is 0.251 e. The molecule has 2 atom stereocenters. The number of carbonyl (C=O) groups is 1. The number of hydrogen-bond donors (Lipinski definition) is 1. The lowest BCUT2D eigenvalue weighted by atomic mass is 9.85. The van der Waals surface area contributed by atoms with E-state index in [1.54, 1.807) is 0 Å². The highest BCUT2D eigenvalue weighted by atomic mass is 16.1. The van der Waals surface area contributed by atoms with Gasteiger partial charge in [0.15, 0.2) is 0 Å². The summed E-state index contributed by atoms with van der Waals surface area (Å²) in [6, 6.07) is 6.47. The lowest BCUT2D eigenvalue weighted by Gasteiger charge is -2.17. The van der Waals surface area contributed by atoms with Gasteiger partial charge >= 0.3 is 0 Å². The van der Waals surface area contributed by atoms with Crippen LogP contribution in [0.2, 0.25) is 0 Å². The summed E-state index contributed by atoms with van der Waals surface area (Å²) in [5, 5.41) is 3.09. The molecule has 1 aromatic rings. The molecular weight excluding hydrogens is 236 g/mol. The zero-order chi connectivity index (χ0) is 13.6. The average molecular weight is 258 g/mol. The Bertz CT molecular complexity index is 509. The van der Waals surface area contributed by atoms with E-state index in [4.69, 9.17) is 0 Å². The number of hydrogen-bond acceptors (Lipinski definition) is 2. The summed E-state index contributed by atoms with van der Waals surface area (Å²) in [6.45, 7) is 7.29. The van der Waals surface area contributed by atoms with Crippen molar-refractivity contribution < 1.29 is 4.79 Å². The molecule has 0 saturated carbocycles. The number of likely N-dealkylation sites (N-methyl/N-ethyl adjacent to an activating group) is 1. The predicted octanol–water partition coefficient (Wildman–Crippen LogP) is 2.20. The highest BCUT2D eigenvalue weighted by Gasteiger charge is 2.36. The van der Waals surface area contributed by atoms with Gasteiger partial charge in [-0.3, -0.25) is 4.79 Å². The monoisotopic (exact) mass is 258 g/mol. The first-order valence-electron chi connectivity index (χ1n) is 7.17. The van der Waals surface area contributed by atoms with Crippen LogP contribution in [0, 0.1) is 5.92 Å². The highest BCUT2D eigenvalue weighted by Crippen LogP contribution is 2.36. The molecule has 1 saturated heterocycles. The van der Waals surface area contributed by atoms with Gasteiger partial charge in [-0.05, 0) is 36.1 Å². The van der Waals surface area contributed by atoms with Gasteiger partial charge in [-0.15, -0.1) is 0 Å². The highest BCUT2D eigenvalue weighted by molar-refractivity contribution is 5.96. The van der Waals surface area contributed by atoms with Gasteiger partial charge in [0.25, 0.3) is 5.91 Å². The summed E-state index contributed by atoms with van der Waals surface area (Å²) in [6.07, 6.45) is 0. The van der Waals surface area contributed by atoms with Gasteiger partial charge in [0.1, 0.15) is 0 Å². The van der Waals surface area contributed by atoms with Crippen LogP contribution in [0.15, 0.2) is 18.2 Å². The second kappa shape index (κ2) is 4.64. The molecule has 3 heteroatoms. The van der Waals surface area contributed by atoms with Crippen LogP contribution in [-0.2, 0) is 0 Å². The molecule has 3 nitrogen and oxygen atoms in total. The van der Waals surface area contributed by atoms with E-state index in [1.165, 1.54) is 11.1 Å². The van der Waals surface area contributed by atoms with Gasteiger partial charge in [-0.25, -0.2) is 0 Å². The molecule has 1 fully saturated rings. The third kappa shape index (κ3) is 2.16. The molecule has 3 rings (SSSR count). The van der Waals surface area contributed by atoms with Crippen LogP contribution in [0.3, 0.4) is 0 Å². The van der Waals surface area contributed by atoms with Crippen LogP contribution >= 0.6 is 0 Å². The third-order valence-electron chi connectivity index (χ3n) is 4.54. The first kappa shape index (κ1) is 12.7. The molecule has 0 spiro atoms. The topological polar surface area (TPSA) is 32.3 Å². The number of rotatable bonds is 1. The van der Waals surface area contributed by atoms with Crippen molar-refractivity contribution in [2.45, 2.75) is 25.7 Å². The zero-order valence-electron chi connectivity index (χ0n) is 11.9. The Labute approximate surface area is 115 Å². The molecule has 19 heavy (non-hydrogen) atoms. The largest absolute Gasteiger partial charge is 0.352 e. The quantitative estimate of drug-likeness (QED) is 0.837. The molecule has 102 valence electrons. The van der Waals surface area contributed by atoms with Gasteiger partial charge < -0.3 is 10.2 Å². The summed E-state index contributed by atoms with van der Waals surface area (Å²) >= 11 is 0. The maximum absolute atomic E-state index is 12.3. The Morgan fingerprint density at radius 2 is 2.11 bits per heavy atom. The lowest BCUT2D eigenvalue weighted by molar-refractivity contribution is 0.0951. The fourth-order valence-electron chi connectivity index (χ4n) is 3.42. The fourth-order valence-corrected chi connectivity index (χ4v) is 3.42. The zero-order valence-corrected chi connectivity index (χ0v) is 11.9. The van der Waals surface area contributed by atoms with E-state index in [1.807, 2.05) is 0 Å². The van der Waals surface area contributed by atoms with E-state index in [9.17, 15) is 4.79 Å². The second-order valence-electron chi connectivity index (χ2n) is 6.30. The van der Waals surface area contributed by atoms with Crippen molar-refractivity contribution in [2.75, 3.05) is 26.7 Å². The molecule has 0 radical (unpaired) electrons. The van der Waals surface area contributed by atoms with Gasteiger partial charge in [0.2, 0.25) is 0 Å². The van der Waals surface area contributed by atoms with Crippen LogP contribution in [-0.4, -0.2) is 37.5 Å². The lowest BCUT2D eigenvalue weighted by Crippen LogP contribution is -2.29. The molecule has 0 bridgehead atoms. The summed E-state index contributed by atoms with van der Waals surface area (Å²) in [7, 11) is 2.17. The normalized spacial score (nSPS) is 26.8. The molecule has 1 amide bonds. The Balaban J connectivity index is 2.06. The molecule has 1 N–H and O–H groups in total. The van der Waals surface area contributed by atoms with Crippen molar-refractivity contribution in [3.8, 4) is 0 Å². The minimum atomic E-state index is 0.106. The molecular formula is C16H22N2O. The maximum atomic E-state index is 12.3. The SMILES string of the molecule is CC(C)c1ccc2c(c1)C(=O)NC[C@H]1CN(C)C[C@H]21. The number of amides is 1. The molecule has 0 unspecified atom stereocenters. The Morgan fingerprint density at radius 1 is 1.32 bits per heavy atom. The number of nitrogens with zero attached hydrogens (tertiary/aromatic N) is 1. The van der Waals surface area contributed by atoms with Crippen molar-refractivity contribution >= 4 is 5.91 Å². The number of likely N-dealkylation sites (tertiary alicyclic amines) is 1. The van der Waals surface area contributed by atoms with Crippen molar-refractivity contribution in [3.63, 3.8) is 0 Å². The van der Waals surface area contributed by atoms with Crippen molar-refractivity contribution in [2.24, 2.45) is 5.92 Å². The third-order valence-corrected chi connectivity index (χ3v) is 4.54. The molecule has 0 aromatic heterocycles. The molecule has 0 aliphatic carbocycles. The van der Waals surface area contributed by atoms with Crippen LogP contribution < -0.4 is 5.32 Å². The average Bonchev–Trinajstić information content (AvgIpc) is 2.70. The molecule has 2 aliphatic rings. The van der Waals surface area contributed by atoms with Crippen molar-refractivity contribution in [3.05, 3.63) is 34.9 Å². The molecule has 2 aliphatic heterocycles. The van der Waals surface area contributed by atoms with Gasteiger partial charge in [0, 0.05) is 31.1 Å². The minimum absolute atomic E-state index is 0.106. The standard InChI is InChI=1S/C16H22N2O/c1-10(2)11-4-5-13-14(6-11)16(19)17-7-12-8-18(3)9-15(12)13/h4-6,10,12,15H,7-9H2,1-3H3,(H,17,19)/t12-,15-/m0/s1. The Morgan fingerprint density at radius 3 is 2.84 bits per heavy atom. The number of nitrogens with one attached hydrogen (secondary N) is 1. The van der Waals surface area contributed by atoms with Crippen LogP contribution in [0.4, 0.5) is 0 Å². The van der Waals surface area contributed by atoms with E-state index in [0.717, 1.165) is 25.2 Å². The number of carbonyl (C=O) groups excluding carboxylic acids is 1. The fraction of sp³-hybridized carbons (Fsp3) is 0.562. The predicted molar refractivity (Wildman–Crippen MR) is 76.6 cm³/mol. The minimum Gasteiger partial charge on any atom is -0.352 e. The van der Waals surface area contributed by atoms with Crippen molar-refractivity contribution in [1.29, 1.82) is 0 Å².